The number of hydrogen-bond acceptors (Lipinski definition) is 4. The first-order valence-electron chi connectivity index (χ1n) is 14.2. The number of hydrogen-bond donors (Lipinski definition) is 1. The molecule has 2 aromatic carbocycles. The second-order valence-corrected chi connectivity index (χ2v) is 11.1. The van der Waals surface area contributed by atoms with Gasteiger partial charge < -0.3 is 19.9 Å². The number of rotatable bonds is 6. The highest BCUT2D eigenvalue weighted by Gasteiger charge is 2.39. The van der Waals surface area contributed by atoms with E-state index >= 15 is 0 Å². The van der Waals surface area contributed by atoms with Gasteiger partial charge in [-0.3, -0.25) is 9.48 Å². The van der Waals surface area contributed by atoms with Crippen molar-refractivity contribution in [3.8, 4) is 5.75 Å². The molecule has 1 unspecified atom stereocenters. The summed E-state index contributed by atoms with van der Waals surface area (Å²) in [6, 6.07) is 11.8. The standard InChI is InChI=1S/C30H31F4N5O3/c31-24-6-2-3-7-25(24)36-29(41)37-15-12-21(13-16-37)39-27(19-9-10-19)23(17-35-39)28(40)38-14-11-20(18-38)22-5-1-4-8-26(22)42-30(32,33)34/h1-8,17,19-21H,9-16,18H2,(H,36,41). The third-order valence-electron chi connectivity index (χ3n) is 8.30. The van der Waals surface area contributed by atoms with Crippen LogP contribution in [-0.2, 0) is 0 Å². The fraction of sp³-hybridized carbons (Fsp3) is 0.433. The van der Waals surface area contributed by atoms with Gasteiger partial charge in [0.25, 0.3) is 5.91 Å². The van der Waals surface area contributed by atoms with Crippen molar-refractivity contribution in [2.45, 2.75) is 56.3 Å². The number of benzene rings is 2. The third-order valence-corrected chi connectivity index (χ3v) is 8.30. The van der Waals surface area contributed by atoms with Gasteiger partial charge in [-0.15, -0.1) is 13.2 Å². The maximum absolute atomic E-state index is 14.0. The molecule has 0 bridgehead atoms. The number of piperidine rings is 1. The average Bonchev–Trinajstić information content (AvgIpc) is 3.51. The Morgan fingerprint density at radius 2 is 1.57 bits per heavy atom. The minimum atomic E-state index is -4.79. The summed E-state index contributed by atoms with van der Waals surface area (Å²) in [5.41, 5.74) is 2.02. The second-order valence-electron chi connectivity index (χ2n) is 11.1. The smallest absolute Gasteiger partial charge is 0.405 e. The van der Waals surface area contributed by atoms with Crippen LogP contribution in [0.4, 0.5) is 28.0 Å². The Morgan fingerprint density at radius 3 is 2.29 bits per heavy atom. The van der Waals surface area contributed by atoms with E-state index in [-0.39, 0.29) is 41.3 Å². The number of halogens is 4. The highest BCUT2D eigenvalue weighted by Crippen LogP contribution is 2.44. The maximum Gasteiger partial charge on any atom is 0.573 e. The lowest BCUT2D eigenvalue weighted by Crippen LogP contribution is -2.42. The first-order valence-corrected chi connectivity index (χ1v) is 14.2. The molecule has 42 heavy (non-hydrogen) atoms. The Labute approximate surface area is 240 Å². The number of anilines is 1. The van der Waals surface area contributed by atoms with Gasteiger partial charge in [-0.1, -0.05) is 30.3 Å². The Morgan fingerprint density at radius 1 is 0.881 bits per heavy atom. The molecule has 0 spiro atoms. The van der Waals surface area contributed by atoms with Crippen LogP contribution in [0.5, 0.6) is 5.75 Å². The van der Waals surface area contributed by atoms with Crippen molar-refractivity contribution in [1.82, 2.24) is 19.6 Å². The Hall–Kier alpha value is -4.09. The number of ether oxygens (including phenoxy) is 1. The van der Waals surface area contributed by atoms with Crippen LogP contribution in [0, 0.1) is 5.82 Å². The summed E-state index contributed by atoms with van der Waals surface area (Å²) < 4.78 is 59.0. The number of likely N-dealkylation sites (tertiary alicyclic amines) is 2. The van der Waals surface area contributed by atoms with Crippen LogP contribution >= 0.6 is 0 Å². The minimum absolute atomic E-state index is 0.0115. The Balaban J connectivity index is 1.12. The molecule has 1 aliphatic carbocycles. The lowest BCUT2D eigenvalue weighted by Gasteiger charge is -2.33. The molecule has 1 N–H and O–H groups in total. The monoisotopic (exact) mass is 585 g/mol. The third kappa shape index (κ3) is 5.93. The van der Waals surface area contributed by atoms with E-state index < -0.39 is 12.2 Å². The number of carbonyl (C=O) groups is 2. The molecule has 222 valence electrons. The van der Waals surface area contributed by atoms with Gasteiger partial charge in [0.1, 0.15) is 11.6 Å². The highest BCUT2D eigenvalue weighted by molar-refractivity contribution is 5.95. The molecule has 2 saturated heterocycles. The molecule has 3 aromatic rings. The molecule has 1 aromatic heterocycles. The average molecular weight is 586 g/mol. The molecule has 12 heteroatoms. The molecule has 3 amide bonds. The zero-order valence-corrected chi connectivity index (χ0v) is 22.8. The first kappa shape index (κ1) is 28.0. The van der Waals surface area contributed by atoms with Crippen LogP contribution in [0.2, 0.25) is 0 Å². The van der Waals surface area contributed by atoms with Crippen molar-refractivity contribution in [1.29, 1.82) is 0 Å². The van der Waals surface area contributed by atoms with E-state index in [1.165, 1.54) is 24.3 Å². The summed E-state index contributed by atoms with van der Waals surface area (Å²) in [6.45, 7) is 1.65. The summed E-state index contributed by atoms with van der Waals surface area (Å²) in [7, 11) is 0. The minimum Gasteiger partial charge on any atom is -0.405 e. The second kappa shape index (κ2) is 11.3. The van der Waals surface area contributed by atoms with Crippen LogP contribution in [0.25, 0.3) is 0 Å². The van der Waals surface area contributed by atoms with E-state index in [4.69, 9.17) is 0 Å². The van der Waals surface area contributed by atoms with E-state index in [1.807, 2.05) is 4.68 Å². The molecule has 3 fully saturated rings. The van der Waals surface area contributed by atoms with E-state index in [9.17, 15) is 27.2 Å². The molecule has 3 aliphatic rings. The van der Waals surface area contributed by atoms with Crippen LogP contribution in [-0.4, -0.2) is 64.1 Å². The molecule has 2 aliphatic heterocycles. The Kier molecular flexibility index (Phi) is 7.54. The summed E-state index contributed by atoms with van der Waals surface area (Å²) >= 11 is 0. The van der Waals surface area contributed by atoms with Gasteiger partial charge in [-0.05, 0) is 55.9 Å². The van der Waals surface area contributed by atoms with E-state index in [0.29, 0.717) is 56.6 Å². The van der Waals surface area contributed by atoms with Crippen molar-refractivity contribution in [2.75, 3.05) is 31.5 Å². The summed E-state index contributed by atoms with van der Waals surface area (Å²) in [5.74, 6) is -0.932. The topological polar surface area (TPSA) is 79.7 Å². The molecule has 1 saturated carbocycles. The van der Waals surface area contributed by atoms with Crippen molar-refractivity contribution < 1.29 is 31.9 Å². The fourth-order valence-corrected chi connectivity index (χ4v) is 6.07. The number of carbonyl (C=O) groups excluding carboxylic acids is 2. The molecule has 8 nitrogen and oxygen atoms in total. The fourth-order valence-electron chi connectivity index (χ4n) is 6.07. The van der Waals surface area contributed by atoms with Gasteiger partial charge in [-0.2, -0.15) is 5.10 Å². The van der Waals surface area contributed by atoms with Crippen molar-refractivity contribution >= 4 is 17.6 Å². The lowest BCUT2D eigenvalue weighted by atomic mass is 9.97. The van der Waals surface area contributed by atoms with Crippen molar-refractivity contribution in [3.05, 3.63) is 77.4 Å². The normalized spacial score (nSPS) is 19.7. The van der Waals surface area contributed by atoms with Crippen LogP contribution < -0.4 is 10.1 Å². The zero-order chi connectivity index (χ0) is 29.4. The first-order chi connectivity index (χ1) is 20.2. The lowest BCUT2D eigenvalue weighted by molar-refractivity contribution is -0.275. The number of nitrogens with zero attached hydrogens (tertiary/aromatic N) is 4. The SMILES string of the molecule is O=C(Nc1ccccc1F)N1CCC(n2ncc(C(=O)N3CCC(c4ccccc4OC(F)(F)F)C3)c2C2CC2)CC1. The quantitative estimate of drug-likeness (QED) is 0.345. The molecule has 6 rings (SSSR count). The van der Waals surface area contributed by atoms with Crippen LogP contribution in [0.3, 0.4) is 0 Å². The van der Waals surface area contributed by atoms with E-state index in [0.717, 1.165) is 18.5 Å². The van der Waals surface area contributed by atoms with Crippen molar-refractivity contribution in [3.63, 3.8) is 0 Å². The molecule has 1 atom stereocenters. The predicted octanol–water partition coefficient (Wildman–Crippen LogP) is 6.30. The number of aromatic nitrogens is 2. The van der Waals surface area contributed by atoms with Crippen molar-refractivity contribution in [2.24, 2.45) is 0 Å². The number of urea groups is 1. The van der Waals surface area contributed by atoms with Gasteiger partial charge in [0.2, 0.25) is 0 Å². The van der Waals surface area contributed by atoms with Gasteiger partial charge in [0, 0.05) is 38.0 Å². The van der Waals surface area contributed by atoms with E-state index in [1.54, 1.807) is 40.3 Å². The highest BCUT2D eigenvalue weighted by atomic mass is 19.4. The predicted molar refractivity (Wildman–Crippen MR) is 146 cm³/mol. The summed E-state index contributed by atoms with van der Waals surface area (Å²) in [6.07, 6.45) is 0.549. The molecule has 3 heterocycles. The number of nitrogens with one attached hydrogen (secondary N) is 1. The Bertz CT molecular complexity index is 1460. The van der Waals surface area contributed by atoms with Gasteiger partial charge in [0.05, 0.1) is 29.2 Å². The molecule has 0 radical (unpaired) electrons. The summed E-state index contributed by atoms with van der Waals surface area (Å²) in [4.78, 5) is 29.8. The van der Waals surface area contributed by atoms with Crippen LogP contribution in [0.15, 0.2) is 54.7 Å². The molecular formula is C30H31F4N5O3. The van der Waals surface area contributed by atoms with Gasteiger partial charge >= 0.3 is 12.4 Å². The van der Waals surface area contributed by atoms with Gasteiger partial charge in [0.15, 0.2) is 0 Å². The molecular weight excluding hydrogens is 554 g/mol. The number of para-hydroxylation sites is 2. The number of alkyl halides is 3. The largest absolute Gasteiger partial charge is 0.573 e. The van der Waals surface area contributed by atoms with Crippen LogP contribution in [0.1, 0.15) is 71.6 Å². The number of amides is 3. The zero-order valence-electron chi connectivity index (χ0n) is 22.8. The summed E-state index contributed by atoms with van der Waals surface area (Å²) in [5, 5.41) is 7.26. The maximum atomic E-state index is 14.0. The van der Waals surface area contributed by atoms with E-state index in [2.05, 4.69) is 15.2 Å². The van der Waals surface area contributed by atoms with Gasteiger partial charge in [-0.25, -0.2) is 9.18 Å².